The summed E-state index contributed by atoms with van der Waals surface area (Å²) in [5, 5.41) is 11.0. The zero-order valence-corrected chi connectivity index (χ0v) is 19.0. The summed E-state index contributed by atoms with van der Waals surface area (Å²) >= 11 is 0. The highest BCUT2D eigenvalue weighted by atomic mass is 32.2. The van der Waals surface area contributed by atoms with Gasteiger partial charge in [0.15, 0.2) is 9.84 Å². The number of halogens is 2. The Hall–Kier alpha value is -2.36. The van der Waals surface area contributed by atoms with E-state index in [9.17, 15) is 22.7 Å². The third-order valence-corrected chi connectivity index (χ3v) is 9.36. The van der Waals surface area contributed by atoms with Crippen molar-refractivity contribution in [2.75, 3.05) is 19.8 Å². The number of benzene rings is 2. The molecule has 2 N–H and O–H groups in total. The zero-order chi connectivity index (χ0) is 23.8. The number of nitrogens with one attached hydrogen (secondary N) is 1. The molecule has 4 rings (SSSR count). The smallest absolute Gasteiger partial charge is 0.311 e. The molecule has 2 fully saturated rings. The van der Waals surface area contributed by atoms with Gasteiger partial charge < -0.3 is 15.2 Å². The van der Waals surface area contributed by atoms with Gasteiger partial charge in [0.25, 0.3) is 0 Å². The predicted molar refractivity (Wildman–Crippen MR) is 119 cm³/mol. The molecule has 33 heavy (non-hydrogen) atoms. The summed E-state index contributed by atoms with van der Waals surface area (Å²) < 4.78 is 61.9. The van der Waals surface area contributed by atoms with Gasteiger partial charge in [-0.1, -0.05) is 30.3 Å². The summed E-state index contributed by atoms with van der Waals surface area (Å²) in [6.07, 6.45) is -0.0567. The highest BCUT2D eigenvalue weighted by Crippen LogP contribution is 2.35. The Kier molecular flexibility index (Phi) is 6.83. The molecule has 2 heterocycles. The molecule has 0 aliphatic carbocycles. The van der Waals surface area contributed by atoms with Crippen LogP contribution in [0.4, 0.5) is 8.78 Å². The van der Waals surface area contributed by atoms with Gasteiger partial charge in [-0.15, -0.1) is 0 Å². The Morgan fingerprint density at radius 1 is 1.18 bits per heavy atom. The quantitative estimate of drug-likeness (QED) is 0.634. The maximum absolute atomic E-state index is 15.0. The fraction of sp³-hybridized carbons (Fsp3) is 0.458. The number of aliphatic carboxylic acids is 1. The lowest BCUT2D eigenvalue weighted by atomic mass is 9.86. The molecule has 0 saturated carbocycles. The highest BCUT2D eigenvalue weighted by molar-refractivity contribution is 7.92. The first-order chi connectivity index (χ1) is 15.7. The molecule has 2 saturated heterocycles. The second-order valence-electron chi connectivity index (χ2n) is 8.92. The number of carbonyl (C=O) groups is 1. The van der Waals surface area contributed by atoms with Gasteiger partial charge in [-0.2, -0.15) is 0 Å². The summed E-state index contributed by atoms with van der Waals surface area (Å²) in [5.41, 5.74) is 0.340. The van der Waals surface area contributed by atoms with Crippen molar-refractivity contribution < 1.29 is 31.8 Å². The van der Waals surface area contributed by atoms with E-state index in [0.717, 1.165) is 12.1 Å². The van der Waals surface area contributed by atoms with E-state index in [0.29, 0.717) is 18.8 Å². The number of carboxylic acids is 1. The number of hydrogen-bond donors (Lipinski definition) is 2. The van der Waals surface area contributed by atoms with Crippen molar-refractivity contribution >= 4 is 15.8 Å². The Morgan fingerprint density at radius 3 is 2.48 bits per heavy atom. The molecule has 2 aromatic rings. The summed E-state index contributed by atoms with van der Waals surface area (Å²) in [5.74, 6) is -4.07. The van der Waals surface area contributed by atoms with Crippen molar-refractivity contribution in [2.24, 2.45) is 5.92 Å². The van der Waals surface area contributed by atoms with Crippen molar-refractivity contribution in [2.45, 2.75) is 42.2 Å². The molecule has 0 aromatic heterocycles. The number of carboxylic acid groups (broad SMARTS) is 1. The molecule has 6 nitrogen and oxygen atoms in total. The van der Waals surface area contributed by atoms with E-state index in [4.69, 9.17) is 4.74 Å². The number of sulfone groups is 1. The maximum Gasteiger partial charge on any atom is 0.311 e. The van der Waals surface area contributed by atoms with Crippen molar-refractivity contribution in [3.05, 3.63) is 70.8 Å². The van der Waals surface area contributed by atoms with Gasteiger partial charge in [0.05, 0.1) is 29.6 Å². The van der Waals surface area contributed by atoms with Crippen LogP contribution in [0, 0.1) is 17.6 Å². The lowest BCUT2D eigenvalue weighted by Gasteiger charge is -2.35. The van der Waals surface area contributed by atoms with Crippen molar-refractivity contribution in [3.8, 4) is 0 Å². The first-order valence-electron chi connectivity index (χ1n) is 11.0. The van der Waals surface area contributed by atoms with E-state index in [-0.39, 0.29) is 36.4 Å². The van der Waals surface area contributed by atoms with E-state index < -0.39 is 49.9 Å². The first-order valence-corrected chi connectivity index (χ1v) is 12.6. The highest BCUT2D eigenvalue weighted by Gasteiger charge is 2.43. The number of ether oxygens (including phenoxy) is 1. The SMILES string of the molecule is C[C@@H]1NC[C@@H](c2ccccc2)S(=O)(=O)C1Cc1cc(F)c(C(CC2COC2)C(=O)O)cc1F. The Bertz CT molecular complexity index is 1120. The van der Waals surface area contributed by atoms with Crippen LogP contribution in [-0.2, 0) is 25.8 Å². The lowest BCUT2D eigenvalue weighted by molar-refractivity contribution is -0.140. The number of rotatable bonds is 7. The minimum atomic E-state index is -3.71. The Morgan fingerprint density at radius 2 is 1.88 bits per heavy atom. The lowest BCUT2D eigenvalue weighted by Crippen LogP contribution is -2.53. The van der Waals surface area contributed by atoms with Crippen LogP contribution in [0.15, 0.2) is 42.5 Å². The van der Waals surface area contributed by atoms with Crippen LogP contribution >= 0.6 is 0 Å². The fourth-order valence-electron chi connectivity index (χ4n) is 4.66. The number of hydrogen-bond acceptors (Lipinski definition) is 5. The second-order valence-corrected chi connectivity index (χ2v) is 11.3. The van der Waals surface area contributed by atoms with Gasteiger partial charge in [-0.3, -0.25) is 4.79 Å². The van der Waals surface area contributed by atoms with Gasteiger partial charge in [0.1, 0.15) is 11.6 Å². The van der Waals surface area contributed by atoms with E-state index in [1.54, 1.807) is 37.3 Å². The molecule has 0 spiro atoms. The van der Waals surface area contributed by atoms with Gasteiger partial charge in [0, 0.05) is 24.1 Å². The van der Waals surface area contributed by atoms with Crippen molar-refractivity contribution in [1.82, 2.24) is 5.32 Å². The summed E-state index contributed by atoms with van der Waals surface area (Å²) in [6.45, 7) is 2.76. The van der Waals surface area contributed by atoms with Crippen LogP contribution in [0.2, 0.25) is 0 Å². The minimum Gasteiger partial charge on any atom is -0.481 e. The maximum atomic E-state index is 15.0. The predicted octanol–water partition coefficient (Wildman–Crippen LogP) is 3.23. The normalized spacial score (nSPS) is 25.8. The van der Waals surface area contributed by atoms with Crippen LogP contribution < -0.4 is 5.32 Å². The summed E-state index contributed by atoms with van der Waals surface area (Å²) in [7, 11) is -3.71. The molecular weight excluding hydrogens is 452 g/mol. The summed E-state index contributed by atoms with van der Waals surface area (Å²) in [6, 6.07) is 10.2. The minimum absolute atomic E-state index is 0.0116. The molecule has 4 atom stereocenters. The average molecular weight is 480 g/mol. The molecule has 2 aliphatic rings. The van der Waals surface area contributed by atoms with E-state index in [2.05, 4.69) is 5.32 Å². The van der Waals surface area contributed by atoms with Gasteiger partial charge in [0.2, 0.25) is 0 Å². The average Bonchev–Trinajstić information content (AvgIpc) is 2.73. The van der Waals surface area contributed by atoms with E-state index in [1.807, 2.05) is 0 Å². The van der Waals surface area contributed by atoms with Gasteiger partial charge >= 0.3 is 5.97 Å². The molecule has 9 heteroatoms. The summed E-state index contributed by atoms with van der Waals surface area (Å²) in [4.78, 5) is 11.7. The first kappa shape index (κ1) is 23.8. The molecule has 178 valence electrons. The van der Waals surface area contributed by atoms with E-state index >= 15 is 4.39 Å². The van der Waals surface area contributed by atoms with Crippen LogP contribution in [0.3, 0.4) is 0 Å². The van der Waals surface area contributed by atoms with Crippen LogP contribution in [0.1, 0.15) is 41.2 Å². The van der Waals surface area contributed by atoms with Crippen LogP contribution in [-0.4, -0.2) is 50.5 Å². The van der Waals surface area contributed by atoms with E-state index in [1.165, 1.54) is 0 Å². The molecule has 0 radical (unpaired) electrons. The monoisotopic (exact) mass is 479 g/mol. The topological polar surface area (TPSA) is 92.7 Å². The largest absolute Gasteiger partial charge is 0.481 e. The van der Waals surface area contributed by atoms with Crippen molar-refractivity contribution in [3.63, 3.8) is 0 Å². The molecule has 0 amide bonds. The molecule has 2 unspecified atom stereocenters. The van der Waals surface area contributed by atoms with Gasteiger partial charge in [-0.25, -0.2) is 17.2 Å². The molecule has 2 aliphatic heterocycles. The van der Waals surface area contributed by atoms with Crippen LogP contribution in [0.25, 0.3) is 0 Å². The third kappa shape index (κ3) is 4.81. The van der Waals surface area contributed by atoms with Crippen molar-refractivity contribution in [1.29, 1.82) is 0 Å². The third-order valence-electron chi connectivity index (χ3n) is 6.71. The Balaban J connectivity index is 1.61. The molecule has 2 aromatic carbocycles. The molecule has 0 bridgehead atoms. The molecular formula is C24H27F2NO5S. The standard InChI is InChI=1S/C24H27F2NO5S/c1-14-22(33(30,31)23(11-27-14)16-5-3-2-4-6-16)9-17-8-21(26)18(10-20(17)25)19(24(28)29)7-15-12-32-13-15/h2-6,8,10,14-15,19,22-23,27H,7,9,11-13H2,1H3,(H,28,29)/t14-,19?,22?,23-/m0/s1. The van der Waals surface area contributed by atoms with Gasteiger partial charge in [-0.05, 0) is 43.0 Å². The fourth-order valence-corrected chi connectivity index (χ4v) is 7.03. The van der Waals surface area contributed by atoms with Crippen LogP contribution in [0.5, 0.6) is 0 Å². The second kappa shape index (κ2) is 9.48. The Labute approximate surface area is 191 Å². The zero-order valence-electron chi connectivity index (χ0n) is 18.2.